The summed E-state index contributed by atoms with van der Waals surface area (Å²) < 4.78 is 5.06. The van der Waals surface area contributed by atoms with Gasteiger partial charge in [-0.1, -0.05) is 29.8 Å². The van der Waals surface area contributed by atoms with Crippen molar-refractivity contribution in [1.82, 2.24) is 4.90 Å². The molecule has 2 aliphatic rings. The molecule has 2 heterocycles. The second-order valence-electron chi connectivity index (χ2n) is 7.19. The van der Waals surface area contributed by atoms with E-state index in [4.69, 9.17) is 4.74 Å². The monoisotopic (exact) mass is 407 g/mol. The molecule has 0 saturated carbocycles. The zero-order valence-electron chi connectivity index (χ0n) is 16.3. The van der Waals surface area contributed by atoms with Crippen LogP contribution in [0.3, 0.4) is 0 Å². The van der Waals surface area contributed by atoms with Crippen LogP contribution in [0.4, 0.5) is 5.69 Å². The number of hydrogen-bond donors (Lipinski definition) is 0. The van der Waals surface area contributed by atoms with Gasteiger partial charge >= 0.3 is 0 Å². The van der Waals surface area contributed by atoms with Crippen molar-refractivity contribution in [3.8, 4) is 6.07 Å². The van der Waals surface area contributed by atoms with E-state index in [2.05, 4.69) is 6.07 Å². The van der Waals surface area contributed by atoms with Crippen LogP contribution in [-0.2, 0) is 25.7 Å². The highest BCUT2D eigenvalue weighted by Gasteiger charge is 2.59. The number of fused-ring (bicyclic) bond motifs is 2. The van der Waals surface area contributed by atoms with E-state index in [-0.39, 0.29) is 18.4 Å². The van der Waals surface area contributed by atoms with Crippen molar-refractivity contribution in [2.75, 3.05) is 30.9 Å². The minimum absolute atomic E-state index is 0.0546. The summed E-state index contributed by atoms with van der Waals surface area (Å²) in [6.07, 6.45) is 0. The van der Waals surface area contributed by atoms with Gasteiger partial charge in [0.25, 0.3) is 5.91 Å². The van der Waals surface area contributed by atoms with Gasteiger partial charge in [0, 0.05) is 25.0 Å². The Kier molecular flexibility index (Phi) is 5.07. The lowest BCUT2D eigenvalue weighted by atomic mass is 10.0. The van der Waals surface area contributed by atoms with Crippen molar-refractivity contribution in [2.45, 2.75) is 18.3 Å². The lowest BCUT2D eigenvalue weighted by molar-refractivity contribution is -0.143. The standard InChI is InChI=1S/C22H21N3O3S/c1-15-6-7-19-18(10-15)22(25(8-9-29-22)20(26)14-28-2)21(27)24(19)13-17-5-3-4-16(11-17)12-23/h3-7,10-11H,8-9,13-14H2,1-2H3. The minimum Gasteiger partial charge on any atom is -0.375 e. The number of carbonyl (C=O) groups excluding carboxylic acids is 2. The fourth-order valence-electron chi connectivity index (χ4n) is 4.07. The van der Waals surface area contributed by atoms with E-state index < -0.39 is 4.87 Å². The Bertz CT molecular complexity index is 1030. The number of thioether (sulfide) groups is 1. The average molecular weight is 407 g/mol. The molecule has 148 valence electrons. The quantitative estimate of drug-likeness (QED) is 0.779. The molecule has 29 heavy (non-hydrogen) atoms. The van der Waals surface area contributed by atoms with Crippen LogP contribution in [0.15, 0.2) is 42.5 Å². The Labute approximate surface area is 174 Å². The van der Waals surface area contributed by atoms with Crippen LogP contribution in [-0.4, -0.2) is 42.7 Å². The van der Waals surface area contributed by atoms with Crippen molar-refractivity contribution in [1.29, 1.82) is 5.26 Å². The molecule has 2 amide bonds. The number of nitriles is 1. The molecule has 6 nitrogen and oxygen atoms in total. The molecule has 1 spiro atoms. The summed E-state index contributed by atoms with van der Waals surface area (Å²) in [6.45, 7) is 2.78. The van der Waals surface area contributed by atoms with Crippen LogP contribution < -0.4 is 4.90 Å². The highest BCUT2D eigenvalue weighted by Crippen LogP contribution is 2.54. The third kappa shape index (κ3) is 3.09. The predicted octanol–water partition coefficient (Wildman–Crippen LogP) is 2.79. The first-order chi connectivity index (χ1) is 14.0. The van der Waals surface area contributed by atoms with Gasteiger partial charge in [-0.3, -0.25) is 9.59 Å². The summed E-state index contributed by atoms with van der Waals surface area (Å²) in [6, 6.07) is 15.3. The smallest absolute Gasteiger partial charge is 0.268 e. The highest BCUT2D eigenvalue weighted by molar-refractivity contribution is 8.01. The molecule has 1 saturated heterocycles. The van der Waals surface area contributed by atoms with Crippen LogP contribution in [0.1, 0.15) is 22.3 Å². The second-order valence-corrected chi connectivity index (χ2v) is 8.48. The summed E-state index contributed by atoms with van der Waals surface area (Å²) in [5, 5.41) is 9.19. The molecule has 2 aromatic rings. The lowest BCUT2D eigenvalue weighted by Crippen LogP contribution is -2.51. The minimum atomic E-state index is -1.05. The van der Waals surface area contributed by atoms with Crippen LogP contribution in [0.5, 0.6) is 0 Å². The van der Waals surface area contributed by atoms with E-state index in [0.717, 1.165) is 22.4 Å². The topological polar surface area (TPSA) is 73.6 Å². The highest BCUT2D eigenvalue weighted by atomic mass is 32.2. The summed E-state index contributed by atoms with van der Waals surface area (Å²) >= 11 is 1.50. The SMILES string of the molecule is COCC(=O)N1CCSC12C(=O)N(Cc1cccc(C#N)c1)c1ccc(C)cc12. The van der Waals surface area contributed by atoms with E-state index in [1.165, 1.54) is 18.9 Å². The van der Waals surface area contributed by atoms with Gasteiger partial charge in [0.15, 0.2) is 4.87 Å². The molecule has 2 aliphatic heterocycles. The Morgan fingerprint density at radius 2 is 2.14 bits per heavy atom. The van der Waals surface area contributed by atoms with Crippen molar-refractivity contribution in [3.05, 3.63) is 64.7 Å². The fraction of sp³-hybridized carbons (Fsp3) is 0.318. The molecule has 1 fully saturated rings. The van der Waals surface area contributed by atoms with Gasteiger partial charge in [0.1, 0.15) is 6.61 Å². The third-order valence-electron chi connectivity index (χ3n) is 5.31. The first-order valence-corrected chi connectivity index (χ1v) is 10.4. The third-order valence-corrected chi connectivity index (χ3v) is 6.73. The lowest BCUT2D eigenvalue weighted by Gasteiger charge is -2.33. The number of amides is 2. The number of ether oxygens (including phenoxy) is 1. The van der Waals surface area contributed by atoms with Gasteiger partial charge in [-0.05, 0) is 30.7 Å². The van der Waals surface area contributed by atoms with Crippen LogP contribution in [0, 0.1) is 18.3 Å². The number of anilines is 1. The molecule has 0 bridgehead atoms. The molecule has 4 rings (SSSR count). The van der Waals surface area contributed by atoms with Gasteiger partial charge < -0.3 is 14.5 Å². The number of nitrogens with zero attached hydrogens (tertiary/aromatic N) is 3. The van der Waals surface area contributed by atoms with Crippen molar-refractivity contribution < 1.29 is 14.3 Å². The Balaban J connectivity index is 1.79. The number of aryl methyl sites for hydroxylation is 1. The van der Waals surface area contributed by atoms with E-state index >= 15 is 0 Å². The van der Waals surface area contributed by atoms with Crippen LogP contribution in [0.2, 0.25) is 0 Å². The van der Waals surface area contributed by atoms with E-state index in [1.807, 2.05) is 37.3 Å². The summed E-state index contributed by atoms with van der Waals surface area (Å²) in [5.41, 5.74) is 4.13. The molecule has 1 atom stereocenters. The molecule has 0 aliphatic carbocycles. The maximum Gasteiger partial charge on any atom is 0.268 e. The average Bonchev–Trinajstić information content (AvgIpc) is 3.26. The molecule has 2 aromatic carbocycles. The summed E-state index contributed by atoms with van der Waals surface area (Å²) in [4.78, 5) is 28.9. The maximum atomic E-state index is 13.8. The van der Waals surface area contributed by atoms with Crippen LogP contribution in [0.25, 0.3) is 0 Å². The number of carbonyl (C=O) groups is 2. The number of rotatable bonds is 4. The molecule has 7 heteroatoms. The molecular formula is C22H21N3O3S. The largest absolute Gasteiger partial charge is 0.375 e. The molecule has 0 aromatic heterocycles. The molecule has 1 unspecified atom stereocenters. The van der Waals surface area contributed by atoms with Gasteiger partial charge in [0.2, 0.25) is 5.91 Å². The normalized spacial score (nSPS) is 20.2. The van der Waals surface area contributed by atoms with Crippen molar-refractivity contribution in [3.63, 3.8) is 0 Å². The summed E-state index contributed by atoms with van der Waals surface area (Å²) in [7, 11) is 1.48. The first-order valence-electron chi connectivity index (χ1n) is 9.36. The number of methoxy groups -OCH3 is 1. The number of benzene rings is 2. The van der Waals surface area contributed by atoms with E-state index in [0.29, 0.717) is 24.4 Å². The summed E-state index contributed by atoms with van der Waals surface area (Å²) in [5.74, 6) is 0.380. The predicted molar refractivity (Wildman–Crippen MR) is 111 cm³/mol. The zero-order valence-corrected chi connectivity index (χ0v) is 17.2. The van der Waals surface area contributed by atoms with E-state index in [9.17, 15) is 14.9 Å². The van der Waals surface area contributed by atoms with Gasteiger partial charge in [-0.15, -0.1) is 11.8 Å². The van der Waals surface area contributed by atoms with E-state index in [1.54, 1.807) is 21.9 Å². The second kappa shape index (κ2) is 7.54. The Morgan fingerprint density at radius 3 is 2.90 bits per heavy atom. The number of hydrogen-bond acceptors (Lipinski definition) is 5. The maximum absolute atomic E-state index is 13.8. The van der Waals surface area contributed by atoms with Gasteiger partial charge in [-0.25, -0.2) is 0 Å². The van der Waals surface area contributed by atoms with Crippen LogP contribution >= 0.6 is 11.8 Å². The Morgan fingerprint density at radius 1 is 1.31 bits per heavy atom. The molecule has 0 N–H and O–H groups in total. The Hall–Kier alpha value is -2.82. The van der Waals surface area contributed by atoms with Gasteiger partial charge in [0.05, 0.1) is 23.9 Å². The van der Waals surface area contributed by atoms with Crippen molar-refractivity contribution in [2.24, 2.45) is 0 Å². The molecule has 0 radical (unpaired) electrons. The first kappa shape index (κ1) is 19.5. The fourth-order valence-corrected chi connectivity index (χ4v) is 5.54. The van der Waals surface area contributed by atoms with Crippen molar-refractivity contribution >= 4 is 29.3 Å². The van der Waals surface area contributed by atoms with Gasteiger partial charge in [-0.2, -0.15) is 5.26 Å². The zero-order chi connectivity index (χ0) is 20.6. The molecular weight excluding hydrogens is 386 g/mol.